The predicted molar refractivity (Wildman–Crippen MR) is 146 cm³/mol. The van der Waals surface area contributed by atoms with E-state index in [9.17, 15) is 0 Å². The van der Waals surface area contributed by atoms with Gasteiger partial charge in [0.15, 0.2) is 0 Å². The summed E-state index contributed by atoms with van der Waals surface area (Å²) < 4.78 is 5.82. The number of rotatable bonds is 28. The van der Waals surface area contributed by atoms with Crippen LogP contribution in [-0.4, -0.2) is 19.0 Å². The van der Waals surface area contributed by atoms with Crippen molar-refractivity contribution in [1.82, 2.24) is 0 Å². The van der Waals surface area contributed by atoms with Crippen LogP contribution in [0.3, 0.4) is 0 Å². The van der Waals surface area contributed by atoms with Crippen molar-refractivity contribution < 1.29 is 4.74 Å². The Morgan fingerprint density at radius 1 is 0.355 bits per heavy atom. The van der Waals surface area contributed by atoms with Gasteiger partial charge in [-0.25, -0.2) is 0 Å². The van der Waals surface area contributed by atoms with Gasteiger partial charge in [-0.05, 0) is 25.0 Å². The fourth-order valence-corrected chi connectivity index (χ4v) is 4.63. The van der Waals surface area contributed by atoms with Gasteiger partial charge in [0.05, 0.1) is 0 Å². The molecular formula is C29H60OS. The highest BCUT2D eigenvalue weighted by atomic mass is 32.1. The van der Waals surface area contributed by atoms with E-state index < -0.39 is 0 Å². The highest BCUT2D eigenvalue weighted by Gasteiger charge is 1.96. The van der Waals surface area contributed by atoms with Crippen LogP contribution < -0.4 is 0 Å². The molecule has 1 nitrogen and oxygen atoms in total. The maximum absolute atomic E-state index is 5.82. The molecule has 0 aliphatic rings. The van der Waals surface area contributed by atoms with Gasteiger partial charge in [0.25, 0.3) is 0 Å². The van der Waals surface area contributed by atoms with Crippen molar-refractivity contribution in [3.8, 4) is 0 Å². The fourth-order valence-electron chi connectivity index (χ4n) is 4.41. The molecule has 0 amide bonds. The maximum Gasteiger partial charge on any atom is 0.0466 e. The lowest BCUT2D eigenvalue weighted by Crippen LogP contribution is -1.97. The Balaban J connectivity index is 2.98. The number of ether oxygens (including phenoxy) is 1. The quantitative estimate of drug-likeness (QED) is 0.0909. The van der Waals surface area contributed by atoms with Crippen molar-refractivity contribution in [3.05, 3.63) is 0 Å². The predicted octanol–water partition coefficient (Wildman–Crippen LogP) is 10.7. The largest absolute Gasteiger partial charge is 0.381 e. The van der Waals surface area contributed by atoms with Crippen LogP contribution in [0.15, 0.2) is 0 Å². The molecule has 188 valence electrons. The summed E-state index contributed by atoms with van der Waals surface area (Å²) in [6.07, 6.45) is 35.3. The molecule has 0 unspecified atom stereocenters. The second-order valence-corrected chi connectivity index (χ2v) is 10.3. The first-order valence-corrected chi connectivity index (χ1v) is 15.2. The van der Waals surface area contributed by atoms with Crippen molar-refractivity contribution in [2.24, 2.45) is 0 Å². The molecule has 0 radical (unpaired) electrons. The highest BCUT2D eigenvalue weighted by Crippen LogP contribution is 2.14. The van der Waals surface area contributed by atoms with Crippen molar-refractivity contribution in [1.29, 1.82) is 0 Å². The van der Waals surface area contributed by atoms with Crippen LogP contribution in [0.25, 0.3) is 0 Å². The van der Waals surface area contributed by atoms with E-state index in [0.717, 1.165) is 19.0 Å². The molecule has 31 heavy (non-hydrogen) atoms. The molecule has 0 aliphatic carbocycles. The molecule has 0 bridgehead atoms. The molecule has 0 atom stereocenters. The highest BCUT2D eigenvalue weighted by molar-refractivity contribution is 7.80. The lowest BCUT2D eigenvalue weighted by Gasteiger charge is -2.05. The van der Waals surface area contributed by atoms with Gasteiger partial charge in [-0.2, -0.15) is 12.6 Å². The van der Waals surface area contributed by atoms with E-state index >= 15 is 0 Å². The summed E-state index contributed by atoms with van der Waals surface area (Å²) in [4.78, 5) is 0. The molecule has 0 saturated carbocycles. The maximum atomic E-state index is 5.82. The van der Waals surface area contributed by atoms with Gasteiger partial charge in [-0.15, -0.1) is 0 Å². The first kappa shape index (κ1) is 31.3. The number of unbranched alkanes of at least 4 members (excludes halogenated alkanes) is 23. The molecule has 0 aliphatic heterocycles. The van der Waals surface area contributed by atoms with Gasteiger partial charge in [-0.1, -0.05) is 148 Å². The molecule has 0 rings (SSSR count). The molecule has 0 aromatic rings. The second kappa shape index (κ2) is 30.3. The average Bonchev–Trinajstić information content (AvgIpc) is 2.78. The zero-order valence-corrected chi connectivity index (χ0v) is 22.5. The van der Waals surface area contributed by atoms with Gasteiger partial charge in [0, 0.05) is 13.2 Å². The monoisotopic (exact) mass is 456 g/mol. The zero-order valence-electron chi connectivity index (χ0n) is 21.7. The van der Waals surface area contributed by atoms with Crippen LogP contribution >= 0.6 is 12.6 Å². The van der Waals surface area contributed by atoms with E-state index in [-0.39, 0.29) is 0 Å². The van der Waals surface area contributed by atoms with Crippen LogP contribution in [0.2, 0.25) is 0 Å². The summed E-state index contributed by atoms with van der Waals surface area (Å²) in [6, 6.07) is 0. The first-order valence-electron chi connectivity index (χ1n) is 14.6. The minimum absolute atomic E-state index is 0.987. The van der Waals surface area contributed by atoms with E-state index in [1.54, 1.807) is 0 Å². The fraction of sp³-hybridized carbons (Fsp3) is 1.00. The molecule has 0 spiro atoms. The van der Waals surface area contributed by atoms with Crippen LogP contribution in [-0.2, 0) is 4.74 Å². The molecule has 0 heterocycles. The van der Waals surface area contributed by atoms with Crippen LogP contribution in [0, 0.1) is 0 Å². The number of hydrogen-bond acceptors (Lipinski definition) is 2. The Morgan fingerprint density at radius 2 is 0.613 bits per heavy atom. The Hall–Kier alpha value is 0.310. The third-order valence-corrected chi connectivity index (χ3v) is 6.91. The topological polar surface area (TPSA) is 9.23 Å². The lowest BCUT2D eigenvalue weighted by molar-refractivity contribution is 0.125. The molecule has 0 N–H and O–H groups in total. The van der Waals surface area contributed by atoms with Gasteiger partial charge < -0.3 is 4.74 Å². The van der Waals surface area contributed by atoms with Crippen LogP contribution in [0.1, 0.15) is 167 Å². The summed E-state index contributed by atoms with van der Waals surface area (Å²) in [5.74, 6) is 1.06. The average molecular weight is 457 g/mol. The molecule has 2 heteroatoms. The van der Waals surface area contributed by atoms with Crippen LogP contribution in [0.4, 0.5) is 0 Å². The van der Waals surface area contributed by atoms with Gasteiger partial charge in [0.1, 0.15) is 0 Å². The summed E-state index contributed by atoms with van der Waals surface area (Å²) in [7, 11) is 0. The normalized spacial score (nSPS) is 11.4. The van der Waals surface area contributed by atoms with E-state index in [1.165, 1.54) is 161 Å². The number of hydrogen-bond donors (Lipinski definition) is 1. The lowest BCUT2D eigenvalue weighted by atomic mass is 10.0. The molecular weight excluding hydrogens is 396 g/mol. The summed E-state index contributed by atoms with van der Waals surface area (Å²) in [5, 5.41) is 0. The smallest absolute Gasteiger partial charge is 0.0466 e. The van der Waals surface area contributed by atoms with Crippen molar-refractivity contribution in [3.63, 3.8) is 0 Å². The van der Waals surface area contributed by atoms with E-state index in [4.69, 9.17) is 4.74 Å². The van der Waals surface area contributed by atoms with Crippen molar-refractivity contribution >= 4 is 12.6 Å². The SMILES string of the molecule is CCCCCCCCCCCCCCCCCCOCCCCCCCCCCCS. The summed E-state index contributed by atoms with van der Waals surface area (Å²) in [6.45, 7) is 4.28. The Kier molecular flexibility index (Phi) is 30.6. The molecule has 0 aromatic carbocycles. The first-order chi connectivity index (χ1) is 15.4. The van der Waals surface area contributed by atoms with Crippen molar-refractivity contribution in [2.45, 2.75) is 167 Å². The zero-order chi connectivity index (χ0) is 22.5. The van der Waals surface area contributed by atoms with Crippen molar-refractivity contribution in [2.75, 3.05) is 19.0 Å². The summed E-state index contributed by atoms with van der Waals surface area (Å²) >= 11 is 4.27. The Labute approximate surface area is 203 Å². The van der Waals surface area contributed by atoms with Gasteiger partial charge in [0.2, 0.25) is 0 Å². The van der Waals surface area contributed by atoms with Crippen LogP contribution in [0.5, 0.6) is 0 Å². The standard InChI is InChI=1S/C29H60OS/c1-2-3-4-5-6-7-8-9-10-11-12-13-15-18-21-24-27-30-28-25-22-19-16-14-17-20-23-26-29-31/h31H,2-29H2,1H3. The van der Waals surface area contributed by atoms with E-state index in [2.05, 4.69) is 19.6 Å². The molecule has 0 fully saturated rings. The molecule has 0 saturated heterocycles. The Morgan fingerprint density at radius 3 is 0.903 bits per heavy atom. The van der Waals surface area contributed by atoms with E-state index in [1.807, 2.05) is 0 Å². The third-order valence-electron chi connectivity index (χ3n) is 6.59. The minimum Gasteiger partial charge on any atom is -0.381 e. The number of thiol groups is 1. The Bertz CT molecular complexity index is 266. The minimum atomic E-state index is 0.987. The van der Waals surface area contributed by atoms with Gasteiger partial charge in [-0.3, -0.25) is 0 Å². The third kappa shape index (κ3) is 30.3. The summed E-state index contributed by atoms with van der Waals surface area (Å²) in [5.41, 5.74) is 0. The van der Waals surface area contributed by atoms with Gasteiger partial charge >= 0.3 is 0 Å². The second-order valence-electron chi connectivity index (χ2n) is 9.82. The molecule has 0 aromatic heterocycles. The van der Waals surface area contributed by atoms with E-state index in [0.29, 0.717) is 0 Å².